The third-order valence-electron chi connectivity index (χ3n) is 8.33. The smallest absolute Gasteiger partial charge is 0.276 e. The van der Waals surface area contributed by atoms with Gasteiger partial charge in [0.05, 0.1) is 5.75 Å². The number of hydrogen-bond donors (Lipinski definition) is 2. The number of nitrogens with zero attached hydrogens (tertiary/aromatic N) is 5. The molecule has 2 atom stereocenters. The van der Waals surface area contributed by atoms with Gasteiger partial charge in [0.2, 0.25) is 5.95 Å². The van der Waals surface area contributed by atoms with Crippen molar-refractivity contribution in [1.82, 2.24) is 19.4 Å². The average molecular weight is 588 g/mol. The Balaban J connectivity index is 1.38. The predicted octanol–water partition coefficient (Wildman–Crippen LogP) is 4.17. The number of anilines is 4. The zero-order valence-electron chi connectivity index (χ0n) is 24.2. The Morgan fingerprint density at radius 1 is 1.02 bits per heavy atom. The number of benzene rings is 2. The number of hydrogen-bond acceptors (Lipinski definition) is 9. The minimum Gasteiger partial charge on any atom is -0.381 e. The topological polar surface area (TPSA) is 112 Å². The SMILES string of the molecule is CCN(CC)c1cc2cnc(Nc3ccc(NC4CCN(C)C4)cc3)nc2n(C2Cc3ccccc3CS2(=O)=O)c1=O. The highest BCUT2D eigenvalue weighted by molar-refractivity contribution is 7.90. The molecule has 2 N–H and O–H groups in total. The zero-order chi connectivity index (χ0) is 29.4. The van der Waals surface area contributed by atoms with Crippen LogP contribution in [0.25, 0.3) is 11.0 Å². The summed E-state index contributed by atoms with van der Waals surface area (Å²) in [6.07, 6.45) is 2.97. The fourth-order valence-corrected chi connectivity index (χ4v) is 7.93. The summed E-state index contributed by atoms with van der Waals surface area (Å²) in [6.45, 7) is 7.28. The molecule has 0 bridgehead atoms. The third kappa shape index (κ3) is 5.46. The second-order valence-electron chi connectivity index (χ2n) is 11.2. The first kappa shape index (κ1) is 28.2. The van der Waals surface area contributed by atoms with Crippen LogP contribution in [0.4, 0.5) is 23.0 Å². The number of pyridine rings is 1. The molecule has 2 aliphatic heterocycles. The number of likely N-dealkylation sites (tertiary alicyclic amines) is 1. The van der Waals surface area contributed by atoms with Crippen molar-refractivity contribution in [3.8, 4) is 0 Å². The van der Waals surface area contributed by atoms with Crippen molar-refractivity contribution in [2.75, 3.05) is 48.8 Å². The molecule has 0 aliphatic carbocycles. The summed E-state index contributed by atoms with van der Waals surface area (Å²) in [7, 11) is -1.57. The molecule has 11 heteroatoms. The molecule has 4 aromatic rings. The molecule has 1 fully saturated rings. The van der Waals surface area contributed by atoms with Gasteiger partial charge in [0, 0.05) is 55.1 Å². The number of likely N-dealkylation sites (N-methyl/N-ethyl adjacent to an activating group) is 1. The highest BCUT2D eigenvalue weighted by Gasteiger charge is 2.36. The molecule has 10 nitrogen and oxygen atoms in total. The maximum Gasteiger partial charge on any atom is 0.276 e. The van der Waals surface area contributed by atoms with Crippen molar-refractivity contribution >= 4 is 43.9 Å². The van der Waals surface area contributed by atoms with E-state index in [0.717, 1.165) is 42.0 Å². The van der Waals surface area contributed by atoms with Crippen LogP contribution in [-0.4, -0.2) is 67.1 Å². The van der Waals surface area contributed by atoms with Gasteiger partial charge in [0.25, 0.3) is 5.56 Å². The summed E-state index contributed by atoms with van der Waals surface area (Å²) in [4.78, 5) is 27.6. The summed E-state index contributed by atoms with van der Waals surface area (Å²) in [5.74, 6) is 0.170. The first-order valence-corrected chi connectivity index (χ1v) is 16.2. The highest BCUT2D eigenvalue weighted by atomic mass is 32.2. The highest BCUT2D eigenvalue weighted by Crippen LogP contribution is 2.34. The third-order valence-corrected chi connectivity index (χ3v) is 10.3. The number of sulfone groups is 1. The van der Waals surface area contributed by atoms with E-state index < -0.39 is 15.2 Å². The van der Waals surface area contributed by atoms with Crippen molar-refractivity contribution in [2.24, 2.45) is 0 Å². The van der Waals surface area contributed by atoms with Crippen LogP contribution in [0.3, 0.4) is 0 Å². The van der Waals surface area contributed by atoms with Gasteiger partial charge in [-0.25, -0.2) is 13.4 Å². The van der Waals surface area contributed by atoms with Gasteiger partial charge in [-0.05, 0) is 75.3 Å². The second kappa shape index (κ2) is 11.4. The molecule has 0 saturated carbocycles. The van der Waals surface area contributed by atoms with Gasteiger partial charge >= 0.3 is 0 Å². The van der Waals surface area contributed by atoms with Crippen molar-refractivity contribution < 1.29 is 8.42 Å². The van der Waals surface area contributed by atoms with Gasteiger partial charge < -0.3 is 20.4 Å². The van der Waals surface area contributed by atoms with Gasteiger partial charge in [-0.1, -0.05) is 24.3 Å². The summed E-state index contributed by atoms with van der Waals surface area (Å²) in [5.41, 5.74) is 3.91. The van der Waals surface area contributed by atoms with E-state index >= 15 is 0 Å². The van der Waals surface area contributed by atoms with Crippen LogP contribution in [0.5, 0.6) is 0 Å². The Morgan fingerprint density at radius 2 is 1.74 bits per heavy atom. The normalized spacial score (nSPS) is 19.9. The quantitative estimate of drug-likeness (QED) is 0.314. The van der Waals surface area contributed by atoms with Crippen molar-refractivity contribution in [3.63, 3.8) is 0 Å². The van der Waals surface area contributed by atoms with Crippen LogP contribution < -0.4 is 21.1 Å². The van der Waals surface area contributed by atoms with E-state index in [9.17, 15) is 13.2 Å². The average Bonchev–Trinajstić information content (AvgIpc) is 3.39. The molecule has 0 radical (unpaired) electrons. The lowest BCUT2D eigenvalue weighted by molar-refractivity contribution is 0.414. The minimum atomic E-state index is -3.70. The molecular weight excluding hydrogens is 550 g/mol. The molecule has 220 valence electrons. The summed E-state index contributed by atoms with van der Waals surface area (Å²) >= 11 is 0. The Morgan fingerprint density at radius 3 is 2.43 bits per heavy atom. The number of fused-ring (bicyclic) bond motifs is 2. The molecule has 1 saturated heterocycles. The lowest BCUT2D eigenvalue weighted by atomic mass is 10.1. The minimum absolute atomic E-state index is 0.120. The Labute approximate surface area is 246 Å². The maximum absolute atomic E-state index is 14.1. The lowest BCUT2D eigenvalue weighted by Crippen LogP contribution is -2.38. The monoisotopic (exact) mass is 587 g/mol. The summed E-state index contributed by atoms with van der Waals surface area (Å²) < 4.78 is 28.7. The molecule has 2 aromatic heterocycles. The fourth-order valence-electron chi connectivity index (χ4n) is 6.07. The number of nitrogens with one attached hydrogen (secondary N) is 2. The molecular formula is C31H37N7O3S. The van der Waals surface area contributed by atoms with Crippen LogP contribution in [0.1, 0.15) is 36.8 Å². The van der Waals surface area contributed by atoms with E-state index in [0.29, 0.717) is 35.9 Å². The molecule has 6 rings (SSSR count). The summed E-state index contributed by atoms with van der Waals surface area (Å²) in [5, 5.41) is 6.35. The molecule has 2 aliphatic rings. The van der Waals surface area contributed by atoms with E-state index in [2.05, 4.69) is 27.6 Å². The predicted molar refractivity (Wildman–Crippen MR) is 168 cm³/mol. The van der Waals surface area contributed by atoms with Crippen LogP contribution in [0.2, 0.25) is 0 Å². The van der Waals surface area contributed by atoms with E-state index in [4.69, 9.17) is 4.98 Å². The largest absolute Gasteiger partial charge is 0.381 e. The van der Waals surface area contributed by atoms with Crippen LogP contribution in [-0.2, 0) is 22.0 Å². The Hall–Kier alpha value is -3.96. The van der Waals surface area contributed by atoms with Crippen molar-refractivity contribution in [3.05, 3.63) is 82.3 Å². The Bertz CT molecular complexity index is 1770. The van der Waals surface area contributed by atoms with Gasteiger partial charge in [0.15, 0.2) is 9.84 Å². The molecule has 4 heterocycles. The van der Waals surface area contributed by atoms with E-state index in [1.165, 1.54) is 4.57 Å². The molecule has 2 aromatic carbocycles. The van der Waals surface area contributed by atoms with Gasteiger partial charge in [-0.15, -0.1) is 0 Å². The van der Waals surface area contributed by atoms with Gasteiger partial charge in [0.1, 0.15) is 16.7 Å². The van der Waals surface area contributed by atoms with Crippen molar-refractivity contribution in [2.45, 2.75) is 43.9 Å². The number of aromatic nitrogens is 3. The van der Waals surface area contributed by atoms with E-state index in [1.54, 1.807) is 12.3 Å². The molecule has 0 amide bonds. The first-order chi connectivity index (χ1) is 20.3. The molecule has 2 unspecified atom stereocenters. The summed E-state index contributed by atoms with van der Waals surface area (Å²) in [6, 6.07) is 17.7. The zero-order valence-corrected chi connectivity index (χ0v) is 25.1. The van der Waals surface area contributed by atoms with Crippen LogP contribution in [0.15, 0.2) is 65.6 Å². The fraction of sp³-hybridized carbons (Fsp3) is 0.387. The Kier molecular flexibility index (Phi) is 7.63. The van der Waals surface area contributed by atoms with E-state index in [1.807, 2.05) is 67.3 Å². The van der Waals surface area contributed by atoms with Crippen LogP contribution >= 0.6 is 0 Å². The standard InChI is InChI=1S/C31H37N7O3S/c1-4-37(5-2)27-16-23-18-32-31(34-25-12-10-24(11-13-25)33-26-14-15-36(3)19-26)35-29(23)38(30(27)39)28-17-21-8-6-7-9-22(21)20-42(28,40)41/h6-13,16,18,26,28,33H,4-5,14-15,17,19-20H2,1-3H3,(H,32,34,35). The van der Waals surface area contributed by atoms with Gasteiger partial charge in [-0.3, -0.25) is 9.36 Å². The molecule has 0 spiro atoms. The first-order valence-electron chi connectivity index (χ1n) is 14.5. The lowest BCUT2D eigenvalue weighted by Gasteiger charge is -2.29. The maximum atomic E-state index is 14.1. The molecule has 42 heavy (non-hydrogen) atoms. The van der Waals surface area contributed by atoms with Gasteiger partial charge in [-0.2, -0.15) is 4.98 Å². The second-order valence-corrected chi connectivity index (χ2v) is 13.3. The van der Waals surface area contributed by atoms with E-state index in [-0.39, 0.29) is 23.7 Å². The van der Waals surface area contributed by atoms with Crippen LogP contribution in [0, 0.1) is 0 Å². The number of rotatable bonds is 8. The van der Waals surface area contributed by atoms with Crippen molar-refractivity contribution in [1.29, 1.82) is 0 Å².